The Bertz CT molecular complexity index is 842. The van der Waals surface area contributed by atoms with Crippen LogP contribution >= 0.6 is 12.8 Å². The molecule has 8 heteroatoms. The van der Waals surface area contributed by atoms with Crippen molar-refractivity contribution >= 4 is 19.2 Å². The number of nitrogens with zero attached hydrogens (tertiary/aromatic N) is 2. The summed E-state index contributed by atoms with van der Waals surface area (Å²) in [6.07, 6.45) is 0.330. The molecule has 1 amide bonds. The van der Waals surface area contributed by atoms with Gasteiger partial charge in [0.15, 0.2) is 0 Å². The van der Waals surface area contributed by atoms with E-state index >= 15 is 4.39 Å². The van der Waals surface area contributed by atoms with Gasteiger partial charge in [-0.15, -0.1) is 0 Å². The third-order valence-electron chi connectivity index (χ3n) is 4.83. The first-order chi connectivity index (χ1) is 12.8. The lowest BCUT2D eigenvalue weighted by atomic mass is 9.95. The number of benzene rings is 1. The van der Waals surface area contributed by atoms with Crippen molar-refractivity contribution in [2.75, 3.05) is 6.54 Å². The summed E-state index contributed by atoms with van der Waals surface area (Å²) in [5.74, 6) is -3.62. The molecule has 3 rings (SSSR count). The van der Waals surface area contributed by atoms with E-state index in [2.05, 4.69) is 22.5 Å². The van der Waals surface area contributed by atoms with Crippen LogP contribution in [0.4, 0.5) is 13.2 Å². The van der Waals surface area contributed by atoms with E-state index in [1.54, 1.807) is 30.3 Å². The van der Waals surface area contributed by atoms with Crippen molar-refractivity contribution in [3.05, 3.63) is 53.1 Å². The molecule has 1 saturated heterocycles. The van der Waals surface area contributed by atoms with Gasteiger partial charge in [0.1, 0.15) is 11.9 Å². The molecule has 2 aromatic rings. The van der Waals surface area contributed by atoms with E-state index in [1.165, 1.54) is 0 Å². The molecule has 0 spiro atoms. The molecule has 1 aliphatic rings. The van der Waals surface area contributed by atoms with Crippen molar-refractivity contribution in [2.24, 2.45) is 0 Å². The number of carbonyl (C=O) groups excluding carboxylic acids is 1. The van der Waals surface area contributed by atoms with Gasteiger partial charge in [-0.3, -0.25) is 14.5 Å². The van der Waals surface area contributed by atoms with Crippen LogP contribution in [0.1, 0.15) is 17.0 Å². The Hall–Kier alpha value is -2.06. The lowest BCUT2D eigenvalue weighted by Crippen LogP contribution is -2.46. The Labute approximate surface area is 161 Å². The topological polar surface area (TPSA) is 45.2 Å². The molecule has 1 fully saturated rings. The second kappa shape index (κ2) is 7.52. The van der Waals surface area contributed by atoms with Crippen LogP contribution in [0.5, 0.6) is 0 Å². The monoisotopic (exact) mass is 395 g/mol. The van der Waals surface area contributed by atoms with Gasteiger partial charge >= 0.3 is 0 Å². The van der Waals surface area contributed by atoms with Crippen molar-refractivity contribution in [2.45, 2.75) is 38.3 Å². The fourth-order valence-corrected chi connectivity index (χ4v) is 4.00. The zero-order valence-corrected chi connectivity index (χ0v) is 15.8. The van der Waals surface area contributed by atoms with Gasteiger partial charge in [-0.2, -0.15) is 0 Å². The number of thiol groups is 1. The van der Waals surface area contributed by atoms with Crippen molar-refractivity contribution in [3.63, 3.8) is 0 Å². The number of hydrogen-bond donors (Lipinski definition) is 2. The SMILES string of the molecule is Cc1cc(-c2cccc(CC3C(NS)C(F)(F)CN3C=O)c2F)cc(C)n1. The molecule has 0 bridgehead atoms. The molecule has 0 saturated carbocycles. The number of nitrogens with one attached hydrogen (secondary N) is 1. The standard InChI is InChI=1S/C19H20F3N3OS/c1-11-6-14(7-12(2)23-11)15-5-3-4-13(17(15)20)8-16-18(24-27)19(21,22)9-25(16)10-26/h3-7,10,16,18,24,27H,8-9H2,1-2H3. The van der Waals surface area contributed by atoms with Crippen molar-refractivity contribution < 1.29 is 18.0 Å². The molecule has 0 aliphatic carbocycles. The minimum atomic E-state index is -3.14. The van der Waals surface area contributed by atoms with Crippen LogP contribution in [0.2, 0.25) is 0 Å². The Morgan fingerprint density at radius 3 is 2.59 bits per heavy atom. The number of aromatic nitrogens is 1. The summed E-state index contributed by atoms with van der Waals surface area (Å²) < 4.78 is 45.7. The largest absolute Gasteiger partial charge is 0.334 e. The average molecular weight is 395 g/mol. The quantitative estimate of drug-likeness (QED) is 0.603. The molecular weight excluding hydrogens is 375 g/mol. The lowest BCUT2D eigenvalue weighted by molar-refractivity contribution is -0.120. The molecule has 0 radical (unpaired) electrons. The fraction of sp³-hybridized carbons (Fsp3) is 0.368. The average Bonchev–Trinajstić information content (AvgIpc) is 2.85. The molecule has 4 nitrogen and oxygen atoms in total. The van der Waals surface area contributed by atoms with Gasteiger partial charge in [-0.25, -0.2) is 13.2 Å². The summed E-state index contributed by atoms with van der Waals surface area (Å²) in [5, 5.41) is 0. The van der Waals surface area contributed by atoms with Gasteiger partial charge in [-0.1, -0.05) is 31.0 Å². The van der Waals surface area contributed by atoms with E-state index < -0.39 is 30.4 Å². The van der Waals surface area contributed by atoms with Gasteiger partial charge in [0, 0.05) is 17.0 Å². The molecule has 1 aromatic heterocycles. The first kappa shape index (κ1) is 19.7. The lowest BCUT2D eigenvalue weighted by Gasteiger charge is -2.25. The Kier molecular flexibility index (Phi) is 5.48. The van der Waals surface area contributed by atoms with Crippen LogP contribution in [0, 0.1) is 19.7 Å². The Morgan fingerprint density at radius 1 is 1.33 bits per heavy atom. The maximum absolute atomic E-state index is 15.2. The van der Waals surface area contributed by atoms with E-state index in [1.807, 2.05) is 13.8 Å². The molecular formula is C19H20F3N3OS. The van der Waals surface area contributed by atoms with Crippen LogP contribution in [-0.2, 0) is 11.2 Å². The van der Waals surface area contributed by atoms with Crippen LogP contribution in [0.25, 0.3) is 11.1 Å². The van der Waals surface area contributed by atoms with Gasteiger partial charge in [0.05, 0.1) is 12.6 Å². The summed E-state index contributed by atoms with van der Waals surface area (Å²) >= 11 is 3.79. The molecule has 2 atom stereocenters. The summed E-state index contributed by atoms with van der Waals surface area (Å²) in [7, 11) is 0. The summed E-state index contributed by atoms with van der Waals surface area (Å²) in [5.41, 5.74) is 2.84. The highest BCUT2D eigenvalue weighted by Gasteiger charge is 2.53. The van der Waals surface area contributed by atoms with Gasteiger partial charge < -0.3 is 4.90 Å². The van der Waals surface area contributed by atoms with Gasteiger partial charge in [0.25, 0.3) is 5.92 Å². The molecule has 2 heterocycles. The van der Waals surface area contributed by atoms with E-state index in [0.717, 1.165) is 16.3 Å². The first-order valence-electron chi connectivity index (χ1n) is 8.48. The van der Waals surface area contributed by atoms with Crippen molar-refractivity contribution in [3.8, 4) is 11.1 Å². The summed E-state index contributed by atoms with van der Waals surface area (Å²) in [6.45, 7) is 2.93. The molecule has 27 heavy (non-hydrogen) atoms. The van der Waals surface area contributed by atoms with Crippen LogP contribution in [0.15, 0.2) is 30.3 Å². The molecule has 1 N–H and O–H groups in total. The maximum Gasteiger partial charge on any atom is 0.283 e. The summed E-state index contributed by atoms with van der Waals surface area (Å²) in [4.78, 5) is 16.5. The number of carbonyl (C=O) groups is 1. The van der Waals surface area contributed by atoms with Crippen molar-refractivity contribution in [1.29, 1.82) is 0 Å². The van der Waals surface area contributed by atoms with E-state index in [0.29, 0.717) is 17.5 Å². The third kappa shape index (κ3) is 3.82. The number of rotatable bonds is 5. The predicted octanol–water partition coefficient (Wildman–Crippen LogP) is 3.33. The molecule has 1 aliphatic heterocycles. The zero-order valence-electron chi connectivity index (χ0n) is 14.9. The number of amides is 1. The molecule has 144 valence electrons. The van der Waals surface area contributed by atoms with Crippen LogP contribution in [-0.4, -0.2) is 40.8 Å². The number of hydrogen-bond acceptors (Lipinski definition) is 4. The number of alkyl halides is 2. The third-order valence-corrected chi connectivity index (χ3v) is 5.11. The highest BCUT2D eigenvalue weighted by molar-refractivity contribution is 7.78. The second-order valence-electron chi connectivity index (χ2n) is 6.83. The van der Waals surface area contributed by atoms with Crippen LogP contribution < -0.4 is 4.72 Å². The number of likely N-dealkylation sites (tertiary alicyclic amines) is 1. The number of halogens is 3. The van der Waals surface area contributed by atoms with E-state index in [-0.39, 0.29) is 12.0 Å². The van der Waals surface area contributed by atoms with E-state index in [9.17, 15) is 13.6 Å². The fourth-order valence-electron chi connectivity index (χ4n) is 3.64. The smallest absolute Gasteiger partial charge is 0.283 e. The Morgan fingerprint density at radius 2 is 2.00 bits per heavy atom. The Balaban J connectivity index is 1.97. The van der Waals surface area contributed by atoms with Crippen LogP contribution in [0.3, 0.4) is 0 Å². The highest BCUT2D eigenvalue weighted by Crippen LogP contribution is 2.35. The van der Waals surface area contributed by atoms with Gasteiger partial charge in [-0.05, 0) is 43.5 Å². The normalized spacial score (nSPS) is 21.5. The number of aryl methyl sites for hydroxylation is 2. The van der Waals surface area contributed by atoms with Gasteiger partial charge in [0.2, 0.25) is 6.41 Å². The molecule has 1 aromatic carbocycles. The first-order valence-corrected chi connectivity index (χ1v) is 8.93. The zero-order chi connectivity index (χ0) is 19.8. The van der Waals surface area contributed by atoms with Crippen molar-refractivity contribution in [1.82, 2.24) is 14.6 Å². The minimum absolute atomic E-state index is 0.0464. The second-order valence-corrected chi connectivity index (χ2v) is 7.09. The molecule has 2 unspecified atom stereocenters. The number of pyridine rings is 1. The minimum Gasteiger partial charge on any atom is -0.334 e. The van der Waals surface area contributed by atoms with E-state index in [4.69, 9.17) is 0 Å². The highest BCUT2D eigenvalue weighted by atomic mass is 32.1. The maximum atomic E-state index is 15.2. The summed E-state index contributed by atoms with van der Waals surface area (Å²) in [6, 6.07) is 6.15. The predicted molar refractivity (Wildman–Crippen MR) is 100 cm³/mol.